The Bertz CT molecular complexity index is 1330. The molecule has 0 unspecified atom stereocenters. The SMILES string of the molecule is Cc1c(CC(=O)N2C[C@@H]3C[C@H]2C=C3c2cccc(F)c2)c(=O)[nH]c2ccc(F)c(F)c12. The molecule has 1 amide bonds. The third kappa shape index (κ3) is 3.15. The number of pyridine rings is 1. The number of benzene rings is 2. The van der Waals surface area contributed by atoms with Crippen molar-refractivity contribution in [3.63, 3.8) is 0 Å². The summed E-state index contributed by atoms with van der Waals surface area (Å²) in [6.45, 7) is 2.01. The largest absolute Gasteiger partial charge is 0.335 e. The summed E-state index contributed by atoms with van der Waals surface area (Å²) >= 11 is 0. The summed E-state index contributed by atoms with van der Waals surface area (Å²) in [5.74, 6) is -2.48. The molecule has 31 heavy (non-hydrogen) atoms. The molecule has 4 nitrogen and oxygen atoms in total. The summed E-state index contributed by atoms with van der Waals surface area (Å²) in [6.07, 6.45) is 2.54. The van der Waals surface area contributed by atoms with E-state index >= 15 is 0 Å². The minimum Gasteiger partial charge on any atom is -0.335 e. The molecular weight excluding hydrogens is 405 g/mol. The summed E-state index contributed by atoms with van der Waals surface area (Å²) < 4.78 is 41.6. The van der Waals surface area contributed by atoms with E-state index in [1.165, 1.54) is 25.1 Å². The van der Waals surface area contributed by atoms with Crippen LogP contribution >= 0.6 is 0 Å². The molecule has 0 spiro atoms. The first-order valence-corrected chi connectivity index (χ1v) is 10.1. The first-order valence-electron chi connectivity index (χ1n) is 10.1. The lowest BCUT2D eigenvalue weighted by Crippen LogP contribution is -2.38. The number of amides is 1. The summed E-state index contributed by atoms with van der Waals surface area (Å²) in [7, 11) is 0. The maximum Gasteiger partial charge on any atom is 0.252 e. The Labute approximate surface area is 176 Å². The summed E-state index contributed by atoms with van der Waals surface area (Å²) in [6, 6.07) is 8.55. The van der Waals surface area contributed by atoms with Crippen LogP contribution in [0.5, 0.6) is 0 Å². The molecule has 1 aliphatic carbocycles. The number of H-pyrrole nitrogens is 1. The number of aromatic nitrogens is 1. The topological polar surface area (TPSA) is 53.2 Å². The quantitative estimate of drug-likeness (QED) is 0.688. The van der Waals surface area contributed by atoms with E-state index in [4.69, 9.17) is 0 Å². The number of nitrogens with zero attached hydrogens (tertiary/aromatic N) is 1. The number of hydrogen-bond acceptors (Lipinski definition) is 2. The molecule has 2 bridgehead atoms. The van der Waals surface area contributed by atoms with Crippen LogP contribution in [0.3, 0.4) is 0 Å². The van der Waals surface area contributed by atoms with Gasteiger partial charge in [0, 0.05) is 23.4 Å². The zero-order valence-corrected chi connectivity index (χ0v) is 16.7. The van der Waals surface area contributed by atoms with E-state index in [2.05, 4.69) is 4.98 Å². The minimum atomic E-state index is -1.04. The van der Waals surface area contributed by atoms with Gasteiger partial charge in [0.05, 0.1) is 18.0 Å². The van der Waals surface area contributed by atoms with Gasteiger partial charge in [0.15, 0.2) is 11.6 Å². The molecule has 5 rings (SSSR count). The Kier molecular flexibility index (Phi) is 4.50. The molecule has 7 heteroatoms. The minimum absolute atomic E-state index is 0.0152. The highest BCUT2D eigenvalue weighted by atomic mass is 19.2. The molecule has 0 saturated carbocycles. The molecule has 1 aromatic heterocycles. The summed E-state index contributed by atoms with van der Waals surface area (Å²) in [5, 5.41) is -0.0152. The highest BCUT2D eigenvalue weighted by Crippen LogP contribution is 2.42. The van der Waals surface area contributed by atoms with Crippen LogP contribution in [0.25, 0.3) is 16.5 Å². The fourth-order valence-electron chi connectivity index (χ4n) is 4.89. The third-order valence-corrected chi connectivity index (χ3v) is 6.41. The standard InChI is InChI=1S/C24H19F3N2O2/c1-12-17(24(31)28-20-6-5-19(26)23(27)22(12)20)10-21(30)29-11-14-8-16(29)9-18(14)13-3-2-4-15(25)7-13/h2-7,9,14,16H,8,10-11H2,1H3,(H,28,31)/t14-,16-/m0/s1. The molecule has 1 aliphatic heterocycles. The number of aromatic amines is 1. The predicted molar refractivity (Wildman–Crippen MR) is 111 cm³/mol. The Morgan fingerprint density at radius 1 is 1.19 bits per heavy atom. The molecule has 1 N–H and O–H groups in total. The third-order valence-electron chi connectivity index (χ3n) is 6.41. The number of fused-ring (bicyclic) bond motifs is 3. The molecule has 2 heterocycles. The number of aryl methyl sites for hydroxylation is 1. The number of halogens is 3. The van der Waals surface area contributed by atoms with Crippen molar-refractivity contribution >= 4 is 22.4 Å². The number of likely N-dealkylation sites (tertiary alicyclic amines) is 1. The van der Waals surface area contributed by atoms with Crippen LogP contribution < -0.4 is 5.56 Å². The van der Waals surface area contributed by atoms with Gasteiger partial charge in [-0.15, -0.1) is 0 Å². The maximum atomic E-state index is 14.3. The van der Waals surface area contributed by atoms with Gasteiger partial charge in [-0.25, -0.2) is 13.2 Å². The molecule has 0 radical (unpaired) electrons. The lowest BCUT2D eigenvalue weighted by Gasteiger charge is -2.27. The monoisotopic (exact) mass is 424 g/mol. The second-order valence-corrected chi connectivity index (χ2v) is 8.20. The van der Waals surface area contributed by atoms with Crippen LogP contribution in [0.15, 0.2) is 47.3 Å². The van der Waals surface area contributed by atoms with Crippen molar-refractivity contribution in [3.8, 4) is 0 Å². The summed E-state index contributed by atoms with van der Waals surface area (Å²) in [4.78, 5) is 29.8. The van der Waals surface area contributed by atoms with E-state index < -0.39 is 17.2 Å². The molecule has 2 aliphatic rings. The van der Waals surface area contributed by atoms with Crippen LogP contribution in [-0.2, 0) is 11.2 Å². The fourth-order valence-corrected chi connectivity index (χ4v) is 4.89. The van der Waals surface area contributed by atoms with Gasteiger partial charge in [0.2, 0.25) is 5.91 Å². The lowest BCUT2D eigenvalue weighted by atomic mass is 9.95. The van der Waals surface area contributed by atoms with Crippen molar-refractivity contribution in [2.75, 3.05) is 6.54 Å². The predicted octanol–water partition coefficient (Wildman–Crippen LogP) is 4.11. The highest BCUT2D eigenvalue weighted by Gasteiger charge is 2.41. The Morgan fingerprint density at radius 2 is 2.00 bits per heavy atom. The van der Waals surface area contributed by atoms with Gasteiger partial charge in [-0.2, -0.15) is 0 Å². The van der Waals surface area contributed by atoms with Gasteiger partial charge >= 0.3 is 0 Å². The second kappa shape index (κ2) is 7.11. The zero-order valence-electron chi connectivity index (χ0n) is 16.7. The van der Waals surface area contributed by atoms with E-state index in [-0.39, 0.29) is 52.1 Å². The van der Waals surface area contributed by atoms with Crippen molar-refractivity contribution in [3.05, 3.63) is 87.0 Å². The molecule has 1 fully saturated rings. The zero-order chi connectivity index (χ0) is 21.9. The van der Waals surface area contributed by atoms with E-state index in [1.54, 1.807) is 11.0 Å². The molecule has 158 valence electrons. The van der Waals surface area contributed by atoms with Crippen LogP contribution in [0.2, 0.25) is 0 Å². The van der Waals surface area contributed by atoms with Crippen molar-refractivity contribution in [1.29, 1.82) is 0 Å². The van der Waals surface area contributed by atoms with Crippen molar-refractivity contribution in [2.45, 2.75) is 25.8 Å². The average molecular weight is 424 g/mol. The van der Waals surface area contributed by atoms with E-state index in [9.17, 15) is 22.8 Å². The van der Waals surface area contributed by atoms with E-state index in [0.717, 1.165) is 23.6 Å². The number of nitrogens with one attached hydrogen (secondary N) is 1. The molecule has 3 aromatic rings. The van der Waals surface area contributed by atoms with Gasteiger partial charge in [0.25, 0.3) is 5.56 Å². The molecule has 2 atom stereocenters. The number of carbonyl (C=O) groups excluding carboxylic acids is 1. The van der Waals surface area contributed by atoms with Crippen LogP contribution in [0.1, 0.15) is 23.1 Å². The van der Waals surface area contributed by atoms with Gasteiger partial charge < -0.3 is 9.88 Å². The normalized spacial score (nSPS) is 19.9. The van der Waals surface area contributed by atoms with Crippen molar-refractivity contribution in [1.82, 2.24) is 9.88 Å². The van der Waals surface area contributed by atoms with Gasteiger partial charge in [-0.3, -0.25) is 9.59 Å². The molecular formula is C24H19F3N2O2. The molecule has 1 saturated heterocycles. The van der Waals surface area contributed by atoms with E-state index in [0.29, 0.717) is 6.54 Å². The Hall–Kier alpha value is -3.35. The number of rotatable bonds is 3. The first kappa shape index (κ1) is 19.6. The Morgan fingerprint density at radius 3 is 2.71 bits per heavy atom. The van der Waals surface area contributed by atoms with Crippen molar-refractivity contribution < 1.29 is 18.0 Å². The molecule has 2 aromatic carbocycles. The second-order valence-electron chi connectivity index (χ2n) is 8.20. The van der Waals surface area contributed by atoms with Crippen molar-refractivity contribution in [2.24, 2.45) is 5.92 Å². The van der Waals surface area contributed by atoms with Crippen LogP contribution in [0, 0.1) is 30.3 Å². The van der Waals surface area contributed by atoms with Crippen LogP contribution in [-0.4, -0.2) is 28.4 Å². The van der Waals surface area contributed by atoms with E-state index in [1.807, 2.05) is 12.1 Å². The summed E-state index contributed by atoms with van der Waals surface area (Å²) in [5.41, 5.74) is 1.97. The highest BCUT2D eigenvalue weighted by molar-refractivity contribution is 5.87. The lowest BCUT2D eigenvalue weighted by molar-refractivity contribution is -0.130. The number of carbonyl (C=O) groups is 1. The average Bonchev–Trinajstić information content (AvgIpc) is 3.35. The van der Waals surface area contributed by atoms with Crippen LogP contribution in [0.4, 0.5) is 13.2 Å². The van der Waals surface area contributed by atoms with Gasteiger partial charge in [-0.05, 0) is 54.3 Å². The fraction of sp³-hybridized carbons (Fsp3) is 0.250. The first-order chi connectivity index (χ1) is 14.8. The smallest absolute Gasteiger partial charge is 0.252 e. The maximum absolute atomic E-state index is 14.3. The Balaban J connectivity index is 1.43. The van der Waals surface area contributed by atoms with Gasteiger partial charge in [0.1, 0.15) is 5.82 Å². The van der Waals surface area contributed by atoms with Gasteiger partial charge in [-0.1, -0.05) is 18.2 Å². The number of hydrogen-bond donors (Lipinski definition) is 1.